The number of fused-ring (bicyclic) bond motifs is 1. The average molecular weight is 297 g/mol. The zero-order chi connectivity index (χ0) is 14.9. The molecule has 0 aliphatic carbocycles. The highest BCUT2D eigenvalue weighted by atomic mass is 35.5. The fourth-order valence-electron chi connectivity index (χ4n) is 2.60. The summed E-state index contributed by atoms with van der Waals surface area (Å²) in [5, 5.41) is 0.602. The fraction of sp³-hybridized carbons (Fsp3) is 0.571. The molecule has 0 aliphatic heterocycles. The molecule has 0 bridgehead atoms. The quantitative estimate of drug-likeness (QED) is 0.923. The number of halogens is 1. The van der Waals surface area contributed by atoms with E-state index in [9.17, 15) is 4.79 Å². The van der Waals surface area contributed by atoms with Crippen molar-refractivity contribution < 1.29 is 0 Å². The largest absolute Gasteiger partial charge is 0.327 e. The number of rotatable bonds is 5. The molecular weight excluding hydrogens is 276 g/mol. The second-order valence-electron chi connectivity index (χ2n) is 5.29. The summed E-state index contributed by atoms with van der Waals surface area (Å²) in [7, 11) is 3.96. The Kier molecular flexibility index (Phi) is 4.50. The first-order valence-corrected chi connectivity index (χ1v) is 7.29. The number of imidazole rings is 1. The predicted molar refractivity (Wildman–Crippen MR) is 82.4 cm³/mol. The Morgan fingerprint density at radius 1 is 1.40 bits per heavy atom. The second kappa shape index (κ2) is 5.97. The number of pyridine rings is 1. The minimum Gasteiger partial charge on any atom is -0.305 e. The van der Waals surface area contributed by atoms with Crippen molar-refractivity contribution in [3.63, 3.8) is 0 Å². The highest BCUT2D eigenvalue weighted by Gasteiger charge is 2.19. The first-order valence-electron chi connectivity index (χ1n) is 6.91. The van der Waals surface area contributed by atoms with Crippen LogP contribution in [0.15, 0.2) is 11.0 Å². The predicted octanol–water partition coefficient (Wildman–Crippen LogP) is 2.80. The van der Waals surface area contributed by atoms with Gasteiger partial charge in [0.05, 0.1) is 10.5 Å². The summed E-state index contributed by atoms with van der Waals surface area (Å²) in [6.45, 7) is 4.85. The van der Waals surface area contributed by atoms with Crippen molar-refractivity contribution in [1.29, 1.82) is 0 Å². The summed E-state index contributed by atoms with van der Waals surface area (Å²) in [4.78, 5) is 21.4. The molecule has 0 amide bonds. The lowest BCUT2D eigenvalue weighted by atomic mass is 10.1. The molecule has 0 saturated heterocycles. The van der Waals surface area contributed by atoms with E-state index in [1.165, 1.54) is 0 Å². The van der Waals surface area contributed by atoms with Crippen LogP contribution in [0.5, 0.6) is 0 Å². The maximum atomic E-state index is 12.3. The lowest BCUT2D eigenvalue weighted by molar-refractivity contribution is 0.401. The lowest BCUT2D eigenvalue weighted by Gasteiger charge is -2.18. The third-order valence-corrected chi connectivity index (χ3v) is 3.90. The van der Waals surface area contributed by atoms with Gasteiger partial charge in [-0.25, -0.2) is 9.78 Å². The van der Waals surface area contributed by atoms with Gasteiger partial charge >= 0.3 is 5.69 Å². The van der Waals surface area contributed by atoms with Crippen LogP contribution in [0.3, 0.4) is 0 Å². The van der Waals surface area contributed by atoms with E-state index in [0.717, 1.165) is 23.9 Å². The van der Waals surface area contributed by atoms with E-state index in [-0.39, 0.29) is 11.7 Å². The molecule has 0 spiro atoms. The lowest BCUT2D eigenvalue weighted by Crippen LogP contribution is -2.22. The van der Waals surface area contributed by atoms with Gasteiger partial charge in [-0.05, 0) is 26.9 Å². The van der Waals surface area contributed by atoms with Gasteiger partial charge in [0.15, 0.2) is 5.65 Å². The van der Waals surface area contributed by atoms with E-state index >= 15 is 0 Å². The van der Waals surface area contributed by atoms with Crippen molar-refractivity contribution in [1.82, 2.24) is 19.4 Å². The zero-order valence-corrected chi connectivity index (χ0v) is 13.2. The molecule has 6 heteroatoms. The smallest absolute Gasteiger partial charge is 0.305 e. The Labute approximate surface area is 123 Å². The van der Waals surface area contributed by atoms with Crippen LogP contribution in [0.1, 0.15) is 38.3 Å². The van der Waals surface area contributed by atoms with Crippen LogP contribution in [0.4, 0.5) is 0 Å². The third-order valence-electron chi connectivity index (χ3n) is 3.57. The molecule has 0 aromatic carbocycles. The highest BCUT2D eigenvalue weighted by Crippen LogP contribution is 2.27. The van der Waals surface area contributed by atoms with Crippen LogP contribution in [0, 0.1) is 0 Å². The van der Waals surface area contributed by atoms with Crippen molar-refractivity contribution >= 4 is 22.8 Å². The van der Waals surface area contributed by atoms with Gasteiger partial charge in [0.25, 0.3) is 0 Å². The van der Waals surface area contributed by atoms with E-state index in [4.69, 9.17) is 11.6 Å². The van der Waals surface area contributed by atoms with Crippen LogP contribution in [-0.4, -0.2) is 33.5 Å². The Morgan fingerprint density at radius 2 is 2.05 bits per heavy atom. The average Bonchev–Trinajstić information content (AvgIpc) is 2.72. The Morgan fingerprint density at radius 3 is 2.60 bits per heavy atom. The van der Waals surface area contributed by atoms with E-state index in [2.05, 4.69) is 23.8 Å². The summed E-state index contributed by atoms with van der Waals surface area (Å²) in [5.41, 5.74) is 2.29. The van der Waals surface area contributed by atoms with Crippen molar-refractivity contribution in [3.8, 4) is 0 Å². The Balaban J connectivity index is 2.77. The maximum Gasteiger partial charge on any atom is 0.327 e. The standard InChI is InChI=1S/C14H21ClN4O/c1-5-9(6-2)19-12-10(8-18(3)4)11(15)7-16-13(12)17-14(19)20/h7,9H,5-6,8H2,1-4H3,(H,16,17,20). The minimum atomic E-state index is -0.108. The number of aromatic nitrogens is 3. The molecule has 0 unspecified atom stereocenters. The summed E-state index contributed by atoms with van der Waals surface area (Å²) < 4.78 is 1.81. The molecule has 0 fully saturated rings. The summed E-state index contributed by atoms with van der Waals surface area (Å²) >= 11 is 6.30. The van der Waals surface area contributed by atoms with Crippen LogP contribution in [-0.2, 0) is 6.54 Å². The number of hydrogen-bond acceptors (Lipinski definition) is 3. The molecule has 110 valence electrons. The number of nitrogens with one attached hydrogen (secondary N) is 1. The topological polar surface area (TPSA) is 53.9 Å². The Hall–Kier alpha value is -1.33. The number of hydrogen-bond donors (Lipinski definition) is 1. The monoisotopic (exact) mass is 296 g/mol. The van der Waals surface area contributed by atoms with Gasteiger partial charge in [-0.1, -0.05) is 25.4 Å². The van der Waals surface area contributed by atoms with Gasteiger partial charge in [-0.2, -0.15) is 0 Å². The van der Waals surface area contributed by atoms with E-state index < -0.39 is 0 Å². The van der Waals surface area contributed by atoms with E-state index in [0.29, 0.717) is 17.2 Å². The summed E-state index contributed by atoms with van der Waals surface area (Å²) in [5.74, 6) is 0. The number of aromatic amines is 1. The molecule has 0 saturated carbocycles. The molecule has 0 aliphatic rings. The van der Waals surface area contributed by atoms with Crippen molar-refractivity contribution in [2.45, 2.75) is 39.3 Å². The van der Waals surface area contributed by atoms with Crippen molar-refractivity contribution in [3.05, 3.63) is 27.3 Å². The normalized spacial score (nSPS) is 11.9. The van der Waals surface area contributed by atoms with Gasteiger partial charge < -0.3 is 4.90 Å². The molecule has 2 rings (SSSR count). The molecule has 0 atom stereocenters. The molecule has 2 aromatic heterocycles. The van der Waals surface area contributed by atoms with Gasteiger partial charge in [-0.3, -0.25) is 9.55 Å². The Bertz CT molecular complexity index is 655. The first kappa shape index (κ1) is 15.1. The SMILES string of the molecule is CCC(CC)n1c(=O)[nH]c2ncc(Cl)c(CN(C)C)c21. The molecular formula is C14H21ClN4O. The van der Waals surface area contributed by atoms with Crippen LogP contribution in [0.25, 0.3) is 11.2 Å². The van der Waals surface area contributed by atoms with Crippen LogP contribution >= 0.6 is 11.6 Å². The third kappa shape index (κ3) is 2.60. The van der Waals surface area contributed by atoms with Crippen molar-refractivity contribution in [2.24, 2.45) is 0 Å². The van der Waals surface area contributed by atoms with Crippen LogP contribution in [0.2, 0.25) is 5.02 Å². The van der Waals surface area contributed by atoms with Gasteiger partial charge in [0.2, 0.25) is 0 Å². The van der Waals surface area contributed by atoms with Crippen molar-refractivity contribution in [2.75, 3.05) is 14.1 Å². The van der Waals surface area contributed by atoms with E-state index in [1.54, 1.807) is 6.20 Å². The first-order chi connectivity index (χ1) is 9.49. The summed E-state index contributed by atoms with van der Waals surface area (Å²) in [6.07, 6.45) is 3.41. The molecule has 0 radical (unpaired) electrons. The number of H-pyrrole nitrogens is 1. The molecule has 20 heavy (non-hydrogen) atoms. The van der Waals surface area contributed by atoms with Gasteiger partial charge in [0.1, 0.15) is 0 Å². The molecule has 1 N–H and O–H groups in total. The second-order valence-corrected chi connectivity index (χ2v) is 5.70. The van der Waals surface area contributed by atoms with Gasteiger partial charge in [-0.15, -0.1) is 0 Å². The summed E-state index contributed by atoms with van der Waals surface area (Å²) in [6, 6.07) is 0.164. The minimum absolute atomic E-state index is 0.108. The fourth-order valence-corrected chi connectivity index (χ4v) is 2.80. The van der Waals surface area contributed by atoms with Crippen LogP contribution < -0.4 is 5.69 Å². The molecule has 2 aromatic rings. The van der Waals surface area contributed by atoms with Gasteiger partial charge in [0, 0.05) is 24.3 Å². The number of nitrogens with zero attached hydrogens (tertiary/aromatic N) is 3. The molecule has 5 nitrogen and oxygen atoms in total. The highest BCUT2D eigenvalue weighted by molar-refractivity contribution is 6.32. The zero-order valence-electron chi connectivity index (χ0n) is 12.4. The molecule has 2 heterocycles. The maximum absolute atomic E-state index is 12.3. The van der Waals surface area contributed by atoms with E-state index in [1.807, 2.05) is 23.6 Å².